The largest absolute Gasteiger partial charge is 0.497 e. The van der Waals surface area contributed by atoms with Crippen LogP contribution in [0.3, 0.4) is 0 Å². The minimum absolute atomic E-state index is 0.148. The van der Waals surface area contributed by atoms with E-state index in [-0.39, 0.29) is 5.91 Å². The second kappa shape index (κ2) is 7.40. The molecule has 1 N–H and O–H groups in total. The van der Waals surface area contributed by atoms with Gasteiger partial charge in [0, 0.05) is 25.5 Å². The van der Waals surface area contributed by atoms with Crippen molar-refractivity contribution in [3.8, 4) is 11.5 Å². The average Bonchev–Trinajstić information content (AvgIpc) is 3.31. The number of aromatic nitrogens is 2. The van der Waals surface area contributed by atoms with E-state index in [9.17, 15) is 4.79 Å². The van der Waals surface area contributed by atoms with Gasteiger partial charge in [-0.05, 0) is 29.1 Å². The third kappa shape index (κ3) is 3.66. The predicted octanol–water partition coefficient (Wildman–Crippen LogP) is 3.02. The number of nitrogens with zero attached hydrogens (tertiary/aromatic N) is 2. The third-order valence-corrected chi connectivity index (χ3v) is 4.71. The SMILES string of the molecule is COc1cc(OC)cc(C(NC(=O)c2cccs2)c2nccn2C)c1. The zero-order valence-electron chi connectivity index (χ0n) is 14.2. The van der Waals surface area contributed by atoms with Gasteiger partial charge in [0.1, 0.15) is 23.4 Å². The van der Waals surface area contributed by atoms with Crippen LogP contribution < -0.4 is 14.8 Å². The van der Waals surface area contributed by atoms with E-state index >= 15 is 0 Å². The summed E-state index contributed by atoms with van der Waals surface area (Å²) in [4.78, 5) is 17.7. The summed E-state index contributed by atoms with van der Waals surface area (Å²) in [6, 6.07) is 8.75. The van der Waals surface area contributed by atoms with Crippen molar-refractivity contribution in [3.63, 3.8) is 0 Å². The summed E-state index contributed by atoms with van der Waals surface area (Å²) in [7, 11) is 5.08. The van der Waals surface area contributed by atoms with E-state index in [0.717, 1.165) is 11.4 Å². The van der Waals surface area contributed by atoms with Crippen LogP contribution in [0.25, 0.3) is 0 Å². The Morgan fingerprint density at radius 2 is 1.96 bits per heavy atom. The van der Waals surface area contributed by atoms with Crippen molar-refractivity contribution < 1.29 is 14.3 Å². The van der Waals surface area contributed by atoms with Gasteiger partial charge in [-0.15, -0.1) is 11.3 Å². The number of methoxy groups -OCH3 is 2. The molecule has 1 unspecified atom stereocenters. The van der Waals surface area contributed by atoms with Crippen molar-refractivity contribution in [1.82, 2.24) is 14.9 Å². The number of amides is 1. The van der Waals surface area contributed by atoms with Crippen molar-refractivity contribution in [2.24, 2.45) is 7.05 Å². The number of thiophene rings is 1. The third-order valence-electron chi connectivity index (χ3n) is 3.84. The quantitative estimate of drug-likeness (QED) is 0.736. The lowest BCUT2D eigenvalue weighted by atomic mass is 10.0. The first kappa shape index (κ1) is 17.0. The van der Waals surface area contributed by atoms with Gasteiger partial charge in [-0.1, -0.05) is 6.07 Å². The molecule has 0 fully saturated rings. The molecular formula is C18H19N3O3S. The highest BCUT2D eigenvalue weighted by Crippen LogP contribution is 2.29. The van der Waals surface area contributed by atoms with Crippen molar-refractivity contribution >= 4 is 17.2 Å². The second-order valence-corrected chi connectivity index (χ2v) is 6.37. The zero-order chi connectivity index (χ0) is 17.8. The maximum Gasteiger partial charge on any atom is 0.262 e. The molecular weight excluding hydrogens is 338 g/mol. The van der Waals surface area contributed by atoms with E-state index in [1.807, 2.05) is 41.4 Å². The van der Waals surface area contributed by atoms with Gasteiger partial charge in [-0.25, -0.2) is 4.98 Å². The van der Waals surface area contributed by atoms with E-state index in [4.69, 9.17) is 9.47 Å². The van der Waals surface area contributed by atoms with E-state index in [0.29, 0.717) is 16.4 Å². The highest BCUT2D eigenvalue weighted by Gasteiger charge is 2.23. The lowest BCUT2D eigenvalue weighted by molar-refractivity contribution is 0.0945. The van der Waals surface area contributed by atoms with Crippen LogP contribution in [-0.2, 0) is 7.05 Å². The molecule has 0 bridgehead atoms. The first-order valence-electron chi connectivity index (χ1n) is 7.67. The number of aryl methyl sites for hydroxylation is 1. The molecule has 3 aromatic rings. The summed E-state index contributed by atoms with van der Waals surface area (Å²) in [6.45, 7) is 0. The van der Waals surface area contributed by atoms with Crippen LogP contribution in [-0.4, -0.2) is 29.7 Å². The monoisotopic (exact) mass is 357 g/mol. The maximum absolute atomic E-state index is 12.6. The number of benzene rings is 1. The van der Waals surface area contributed by atoms with E-state index in [2.05, 4.69) is 10.3 Å². The van der Waals surface area contributed by atoms with Crippen molar-refractivity contribution in [2.75, 3.05) is 14.2 Å². The van der Waals surface area contributed by atoms with Crippen molar-refractivity contribution in [3.05, 3.63) is 64.4 Å². The highest BCUT2D eigenvalue weighted by atomic mass is 32.1. The van der Waals surface area contributed by atoms with Gasteiger partial charge >= 0.3 is 0 Å². The lowest BCUT2D eigenvalue weighted by Crippen LogP contribution is -2.30. The molecule has 2 heterocycles. The molecule has 0 radical (unpaired) electrons. The summed E-state index contributed by atoms with van der Waals surface area (Å²) in [5, 5.41) is 4.93. The van der Waals surface area contributed by atoms with Gasteiger partial charge in [-0.3, -0.25) is 4.79 Å². The van der Waals surface area contributed by atoms with E-state index in [1.165, 1.54) is 11.3 Å². The molecule has 0 saturated heterocycles. The Morgan fingerprint density at radius 1 is 1.24 bits per heavy atom. The molecule has 0 aliphatic rings. The Balaban J connectivity index is 2.02. The summed E-state index contributed by atoms with van der Waals surface area (Å²) >= 11 is 1.40. The number of hydrogen-bond donors (Lipinski definition) is 1. The number of rotatable bonds is 6. The summed E-state index contributed by atoms with van der Waals surface area (Å²) in [6.07, 6.45) is 3.55. The Kier molecular flexibility index (Phi) is 5.04. The molecule has 130 valence electrons. The number of hydrogen-bond acceptors (Lipinski definition) is 5. The highest BCUT2D eigenvalue weighted by molar-refractivity contribution is 7.12. The molecule has 6 nitrogen and oxygen atoms in total. The van der Waals surface area contributed by atoms with Crippen LogP contribution in [0.4, 0.5) is 0 Å². The van der Waals surface area contributed by atoms with E-state index in [1.54, 1.807) is 32.5 Å². The fourth-order valence-corrected chi connectivity index (χ4v) is 3.19. The van der Waals surface area contributed by atoms with Gasteiger partial charge in [-0.2, -0.15) is 0 Å². The van der Waals surface area contributed by atoms with Crippen LogP contribution in [0.5, 0.6) is 11.5 Å². The van der Waals surface area contributed by atoms with Crippen LogP contribution >= 0.6 is 11.3 Å². The first-order chi connectivity index (χ1) is 12.1. The molecule has 7 heteroatoms. The van der Waals surface area contributed by atoms with Crippen LogP contribution in [0.1, 0.15) is 27.1 Å². The molecule has 0 spiro atoms. The Bertz CT molecular complexity index is 836. The molecule has 0 aliphatic heterocycles. The average molecular weight is 357 g/mol. The van der Waals surface area contributed by atoms with Gasteiger partial charge in [0.25, 0.3) is 5.91 Å². The molecule has 25 heavy (non-hydrogen) atoms. The van der Waals surface area contributed by atoms with Crippen LogP contribution in [0.15, 0.2) is 48.1 Å². The number of ether oxygens (including phenoxy) is 2. The zero-order valence-corrected chi connectivity index (χ0v) is 15.0. The molecule has 0 saturated carbocycles. The van der Waals surface area contributed by atoms with E-state index < -0.39 is 6.04 Å². The predicted molar refractivity (Wildman–Crippen MR) is 96.4 cm³/mol. The van der Waals surface area contributed by atoms with Crippen LogP contribution in [0, 0.1) is 0 Å². The molecule has 1 amide bonds. The fraction of sp³-hybridized carbons (Fsp3) is 0.222. The minimum atomic E-state index is -0.432. The molecule has 2 aromatic heterocycles. The molecule has 1 atom stereocenters. The van der Waals surface area contributed by atoms with Crippen LogP contribution in [0.2, 0.25) is 0 Å². The number of imidazole rings is 1. The minimum Gasteiger partial charge on any atom is -0.497 e. The molecule has 0 aliphatic carbocycles. The topological polar surface area (TPSA) is 65.4 Å². The molecule has 1 aromatic carbocycles. The van der Waals surface area contributed by atoms with Crippen molar-refractivity contribution in [2.45, 2.75) is 6.04 Å². The van der Waals surface area contributed by atoms with Gasteiger partial charge in [0.15, 0.2) is 0 Å². The van der Waals surface area contributed by atoms with Gasteiger partial charge in [0.05, 0.1) is 19.1 Å². The molecule has 3 rings (SSSR count). The smallest absolute Gasteiger partial charge is 0.262 e. The summed E-state index contributed by atoms with van der Waals surface area (Å²) in [5.74, 6) is 1.88. The Hall–Kier alpha value is -2.80. The number of carbonyl (C=O) groups is 1. The number of carbonyl (C=O) groups excluding carboxylic acids is 1. The first-order valence-corrected chi connectivity index (χ1v) is 8.55. The Labute approximate surface area is 150 Å². The van der Waals surface area contributed by atoms with Gasteiger partial charge in [0.2, 0.25) is 0 Å². The Morgan fingerprint density at radius 3 is 2.48 bits per heavy atom. The summed E-state index contributed by atoms with van der Waals surface area (Å²) < 4.78 is 12.6. The normalized spacial score (nSPS) is 11.8. The van der Waals surface area contributed by atoms with Crippen molar-refractivity contribution in [1.29, 1.82) is 0 Å². The lowest BCUT2D eigenvalue weighted by Gasteiger charge is -2.20. The van der Waals surface area contributed by atoms with Gasteiger partial charge < -0.3 is 19.4 Å². The second-order valence-electron chi connectivity index (χ2n) is 5.43. The number of nitrogens with one attached hydrogen (secondary N) is 1. The maximum atomic E-state index is 12.6. The standard InChI is InChI=1S/C18H19N3O3S/c1-21-7-6-19-17(21)16(20-18(22)15-5-4-8-25-15)12-9-13(23-2)11-14(10-12)24-3/h4-11,16H,1-3H3,(H,20,22). The fourth-order valence-electron chi connectivity index (χ4n) is 2.56. The summed E-state index contributed by atoms with van der Waals surface area (Å²) in [5.41, 5.74) is 0.829.